The first kappa shape index (κ1) is 26.1. The molecule has 0 bridgehead atoms. The Hall–Kier alpha value is -2.48. The first-order chi connectivity index (χ1) is 16.1. The van der Waals surface area contributed by atoms with Crippen LogP contribution in [-0.4, -0.2) is 32.9 Å². The molecule has 0 fully saturated rings. The van der Waals surface area contributed by atoms with E-state index >= 15 is 0 Å². The summed E-state index contributed by atoms with van der Waals surface area (Å²) in [4.78, 5) is 12.5. The van der Waals surface area contributed by atoms with Crippen LogP contribution in [0.25, 0.3) is 0 Å². The second-order valence-electron chi connectivity index (χ2n) is 8.14. The number of carbonyl (C=O) groups excluding carboxylic acids is 1. The van der Waals surface area contributed by atoms with Gasteiger partial charge in [-0.3, -0.25) is 9.10 Å². The fraction of sp³-hybridized carbons (Fsp3) is 0.269. The van der Waals surface area contributed by atoms with E-state index in [1.165, 1.54) is 10.6 Å². The van der Waals surface area contributed by atoms with Gasteiger partial charge in [0.25, 0.3) is 5.91 Å². The highest BCUT2D eigenvalue weighted by molar-refractivity contribution is 7.98. The first-order valence-corrected chi connectivity index (χ1v) is 14.3. The smallest absolute Gasteiger partial charge is 0.251 e. The molecule has 0 radical (unpaired) electrons. The highest BCUT2D eigenvalue weighted by Crippen LogP contribution is 2.24. The number of nitrogens with one attached hydrogen (secondary N) is 1. The Morgan fingerprint density at radius 3 is 2.35 bits per heavy atom. The molecule has 3 rings (SSSR count). The molecule has 1 N–H and O–H groups in total. The van der Waals surface area contributed by atoms with E-state index in [2.05, 4.69) is 5.32 Å². The fourth-order valence-corrected chi connectivity index (χ4v) is 5.37. The topological polar surface area (TPSA) is 66.5 Å². The van der Waals surface area contributed by atoms with Crippen molar-refractivity contribution in [2.45, 2.75) is 26.1 Å². The van der Waals surface area contributed by atoms with Gasteiger partial charge in [0.1, 0.15) is 0 Å². The Morgan fingerprint density at radius 1 is 1.00 bits per heavy atom. The molecule has 3 aromatic carbocycles. The molecule has 0 saturated heterocycles. The number of anilines is 1. The lowest BCUT2D eigenvalue weighted by atomic mass is 10.1. The van der Waals surface area contributed by atoms with Crippen molar-refractivity contribution in [1.82, 2.24) is 5.32 Å². The van der Waals surface area contributed by atoms with Crippen LogP contribution in [0.2, 0.25) is 5.02 Å². The Labute approximate surface area is 211 Å². The van der Waals surface area contributed by atoms with E-state index in [0.29, 0.717) is 17.8 Å². The molecule has 0 aliphatic rings. The number of nitrogens with zero attached hydrogens (tertiary/aromatic N) is 1. The third kappa shape index (κ3) is 7.26. The highest BCUT2D eigenvalue weighted by Gasteiger charge is 2.18. The fourth-order valence-electron chi connectivity index (χ4n) is 3.34. The maximum absolute atomic E-state index is 12.5. The predicted octanol–water partition coefficient (Wildman–Crippen LogP) is 5.59. The number of rotatable bonds is 10. The summed E-state index contributed by atoms with van der Waals surface area (Å²) in [5, 5.41) is 3.68. The lowest BCUT2D eigenvalue weighted by molar-refractivity contribution is 0.0956. The summed E-state index contributed by atoms with van der Waals surface area (Å²) in [6, 6.07) is 20.4. The van der Waals surface area contributed by atoms with Crippen LogP contribution >= 0.6 is 23.4 Å². The SMILES string of the molecule is Cc1ccc(N(Cc2ccc(C(=O)NCCSCc3ccccc3Cl)cc2)S(C)(=O)=O)cc1C. The van der Waals surface area contributed by atoms with E-state index in [4.69, 9.17) is 11.6 Å². The van der Waals surface area contributed by atoms with Crippen LogP contribution in [0.15, 0.2) is 66.7 Å². The molecule has 5 nitrogen and oxygen atoms in total. The van der Waals surface area contributed by atoms with Gasteiger partial charge in [0.05, 0.1) is 18.5 Å². The molecule has 0 saturated carbocycles. The van der Waals surface area contributed by atoms with Gasteiger partial charge in [-0.25, -0.2) is 8.42 Å². The van der Waals surface area contributed by atoms with Gasteiger partial charge in [-0.05, 0) is 66.4 Å². The molecule has 34 heavy (non-hydrogen) atoms. The number of thioether (sulfide) groups is 1. The van der Waals surface area contributed by atoms with Crippen LogP contribution < -0.4 is 9.62 Å². The molecule has 3 aromatic rings. The minimum Gasteiger partial charge on any atom is -0.351 e. The van der Waals surface area contributed by atoms with Crippen molar-refractivity contribution in [3.63, 3.8) is 0 Å². The molecule has 0 spiro atoms. The van der Waals surface area contributed by atoms with Gasteiger partial charge in [-0.1, -0.05) is 48.0 Å². The monoisotopic (exact) mass is 516 g/mol. The minimum absolute atomic E-state index is 0.154. The Kier molecular flexibility index (Phi) is 9.05. The summed E-state index contributed by atoms with van der Waals surface area (Å²) in [6.45, 7) is 4.69. The van der Waals surface area contributed by atoms with Gasteiger partial charge in [0.2, 0.25) is 10.0 Å². The zero-order valence-corrected chi connectivity index (χ0v) is 21.9. The number of halogens is 1. The van der Waals surface area contributed by atoms with E-state index in [1.54, 1.807) is 36.0 Å². The standard InChI is InChI=1S/C26H29ClN2O3S2/c1-19-8-13-24(16-20(19)2)29(34(3,31)32)17-21-9-11-22(12-10-21)26(30)28-14-15-33-18-23-6-4-5-7-25(23)27/h4-13,16H,14-15,17-18H2,1-3H3,(H,28,30). The minimum atomic E-state index is -3.47. The molecule has 0 unspecified atom stereocenters. The average Bonchev–Trinajstić information content (AvgIpc) is 2.80. The summed E-state index contributed by atoms with van der Waals surface area (Å²) < 4.78 is 26.3. The Balaban J connectivity index is 1.55. The molecule has 8 heteroatoms. The van der Waals surface area contributed by atoms with E-state index < -0.39 is 10.0 Å². The number of hydrogen-bond acceptors (Lipinski definition) is 4. The summed E-state index contributed by atoms with van der Waals surface area (Å²) in [5.41, 5.74) is 5.19. The molecule has 180 valence electrons. The molecule has 1 amide bonds. The van der Waals surface area contributed by atoms with Crippen molar-refractivity contribution in [1.29, 1.82) is 0 Å². The number of amides is 1. The summed E-state index contributed by atoms with van der Waals surface area (Å²) >= 11 is 7.87. The van der Waals surface area contributed by atoms with Gasteiger partial charge in [-0.15, -0.1) is 0 Å². The average molecular weight is 517 g/mol. The molecule has 0 aromatic heterocycles. The van der Waals surface area contributed by atoms with Crippen molar-refractivity contribution in [3.05, 3.63) is 99.6 Å². The van der Waals surface area contributed by atoms with Gasteiger partial charge < -0.3 is 5.32 Å². The number of benzene rings is 3. The van der Waals surface area contributed by atoms with Gasteiger partial charge >= 0.3 is 0 Å². The quantitative estimate of drug-likeness (QED) is 0.357. The van der Waals surface area contributed by atoms with E-state index in [9.17, 15) is 13.2 Å². The number of hydrogen-bond donors (Lipinski definition) is 1. The van der Waals surface area contributed by atoms with Crippen LogP contribution in [0.3, 0.4) is 0 Å². The Bertz CT molecular complexity index is 1250. The maximum atomic E-state index is 12.5. The van der Waals surface area contributed by atoms with Gasteiger partial charge in [0.15, 0.2) is 0 Å². The predicted molar refractivity (Wildman–Crippen MR) is 143 cm³/mol. The molecule has 0 aliphatic carbocycles. The first-order valence-electron chi connectivity index (χ1n) is 10.9. The number of aryl methyl sites for hydroxylation is 2. The Morgan fingerprint density at radius 2 is 1.71 bits per heavy atom. The number of carbonyl (C=O) groups is 1. The summed E-state index contributed by atoms with van der Waals surface area (Å²) in [7, 11) is -3.47. The van der Waals surface area contributed by atoms with Crippen molar-refractivity contribution in [2.24, 2.45) is 0 Å². The zero-order valence-electron chi connectivity index (χ0n) is 19.5. The van der Waals surface area contributed by atoms with Crippen molar-refractivity contribution >= 4 is 45.0 Å². The van der Waals surface area contributed by atoms with Crippen LogP contribution in [0.1, 0.15) is 32.6 Å². The maximum Gasteiger partial charge on any atom is 0.251 e. The van der Waals surface area contributed by atoms with Gasteiger partial charge in [-0.2, -0.15) is 11.8 Å². The van der Waals surface area contributed by atoms with E-state index in [-0.39, 0.29) is 12.5 Å². The highest BCUT2D eigenvalue weighted by atomic mass is 35.5. The zero-order chi connectivity index (χ0) is 24.7. The molecular weight excluding hydrogens is 488 g/mol. The van der Waals surface area contributed by atoms with Crippen molar-refractivity contribution < 1.29 is 13.2 Å². The van der Waals surface area contributed by atoms with Crippen LogP contribution in [0.4, 0.5) is 5.69 Å². The van der Waals surface area contributed by atoms with E-state index in [0.717, 1.165) is 38.8 Å². The second kappa shape index (κ2) is 11.8. The largest absolute Gasteiger partial charge is 0.351 e. The van der Waals surface area contributed by atoms with Crippen molar-refractivity contribution in [2.75, 3.05) is 22.9 Å². The van der Waals surface area contributed by atoms with Crippen molar-refractivity contribution in [3.8, 4) is 0 Å². The lowest BCUT2D eigenvalue weighted by Crippen LogP contribution is -2.29. The molecule has 0 aliphatic heterocycles. The van der Waals surface area contributed by atoms with Crippen LogP contribution in [-0.2, 0) is 22.3 Å². The molecular formula is C26H29ClN2O3S2. The normalized spacial score (nSPS) is 11.3. The van der Waals surface area contributed by atoms with Crippen LogP contribution in [0, 0.1) is 13.8 Å². The summed E-state index contributed by atoms with van der Waals surface area (Å²) in [5.74, 6) is 1.41. The van der Waals surface area contributed by atoms with E-state index in [1.807, 2.05) is 56.3 Å². The number of sulfonamides is 1. The third-order valence-corrected chi connectivity index (χ3v) is 7.99. The summed E-state index contributed by atoms with van der Waals surface area (Å²) in [6.07, 6.45) is 1.20. The molecule has 0 heterocycles. The second-order valence-corrected chi connectivity index (χ2v) is 11.6. The molecule has 0 atom stereocenters. The third-order valence-electron chi connectivity index (χ3n) is 5.47. The van der Waals surface area contributed by atoms with Gasteiger partial charge in [0, 0.05) is 28.6 Å². The lowest BCUT2D eigenvalue weighted by Gasteiger charge is -2.23. The van der Waals surface area contributed by atoms with Crippen LogP contribution in [0.5, 0.6) is 0 Å².